The maximum atomic E-state index is 11.7. The number of nitrogen functional groups attached to an aromatic ring is 1. The molecule has 7 nitrogen and oxygen atoms in total. The van der Waals surface area contributed by atoms with Crippen molar-refractivity contribution in [1.29, 1.82) is 0 Å². The first-order valence-electron chi connectivity index (χ1n) is 6.94. The molecule has 3 aromatic rings. The molecule has 3 N–H and O–H groups in total. The van der Waals surface area contributed by atoms with Gasteiger partial charge in [-0.2, -0.15) is 9.65 Å². The van der Waals surface area contributed by atoms with Crippen molar-refractivity contribution >= 4 is 45.3 Å². The van der Waals surface area contributed by atoms with E-state index < -0.39 is 0 Å². The molecule has 0 fully saturated rings. The number of nitrogens with two attached hydrogens (primary N) is 1. The molecule has 0 unspecified atom stereocenters. The normalized spacial score (nSPS) is 9.22. The van der Waals surface area contributed by atoms with Gasteiger partial charge in [0, 0.05) is 110 Å². The van der Waals surface area contributed by atoms with Gasteiger partial charge in [-0.1, -0.05) is 30.3 Å². The third kappa shape index (κ3) is 8.64. The summed E-state index contributed by atoms with van der Waals surface area (Å²) in [6.07, 6.45) is 1.71. The Kier molecular flexibility index (Phi) is 19.3. The number of halogens is 1. The summed E-state index contributed by atoms with van der Waals surface area (Å²) in [6.45, 7) is 0.413. The number of anilines is 1. The van der Waals surface area contributed by atoms with Crippen molar-refractivity contribution in [2.45, 2.75) is 13.0 Å². The largest absolute Gasteiger partial charge is 1.00 e. The molecule has 2 heterocycles. The Bertz CT molecular complexity index is 852. The number of carbonyl (C=O) groups is 1. The van der Waals surface area contributed by atoms with Crippen LogP contribution in [0.25, 0.3) is 22.3 Å². The maximum Gasteiger partial charge on any atom is 1.00 e. The van der Waals surface area contributed by atoms with Gasteiger partial charge in [0.05, 0.1) is 11.9 Å². The molecule has 12 heteroatoms. The van der Waals surface area contributed by atoms with Crippen molar-refractivity contribution in [2.75, 3.05) is 5.73 Å². The molecule has 1 aromatic carbocycles. The molecule has 0 saturated heterocycles. The van der Waals surface area contributed by atoms with Crippen LogP contribution < -0.4 is 62.4 Å². The van der Waals surface area contributed by atoms with E-state index in [1.54, 1.807) is 9.23 Å². The van der Waals surface area contributed by atoms with Crippen LogP contribution in [0.3, 0.4) is 0 Å². The van der Waals surface area contributed by atoms with Crippen molar-refractivity contribution in [3.8, 4) is 11.3 Å². The van der Waals surface area contributed by atoms with Crippen molar-refractivity contribution in [2.24, 2.45) is 0 Å². The average Bonchev–Trinajstić information content (AvgIpc) is 2.94. The van der Waals surface area contributed by atoms with E-state index in [0.29, 0.717) is 29.8 Å². The SMILES string of the molecule is Nc1ncnc2c1c(-c1ccccc1)nn2CCC(=O)N[CH-]I.[K+].[Y].[Y].[Y]. The minimum absolute atomic E-state index is 0. The van der Waals surface area contributed by atoms with Crippen LogP contribution in [-0.2, 0) is 109 Å². The molecule has 0 bridgehead atoms. The third-order valence-electron chi connectivity index (χ3n) is 3.37. The van der Waals surface area contributed by atoms with E-state index in [4.69, 9.17) is 5.73 Å². The predicted octanol–water partition coefficient (Wildman–Crippen LogP) is -0.867. The molecule has 0 atom stereocenters. The average molecular weight is 727 g/mol. The monoisotopic (exact) mass is 727 g/mol. The number of fused-ring (bicyclic) bond motifs is 1. The molecular weight excluding hydrogens is 713 g/mol. The number of aromatic nitrogens is 4. The summed E-state index contributed by atoms with van der Waals surface area (Å²) in [5.74, 6) is 0.302. The molecular formula is C15H14IKN6OY3. The van der Waals surface area contributed by atoms with Crippen molar-refractivity contribution in [1.82, 2.24) is 25.1 Å². The van der Waals surface area contributed by atoms with Crippen molar-refractivity contribution in [3.05, 3.63) is 41.2 Å². The molecule has 127 valence electrons. The van der Waals surface area contributed by atoms with Gasteiger partial charge in [0.1, 0.15) is 17.8 Å². The number of benzene rings is 1. The van der Waals surface area contributed by atoms with Gasteiger partial charge in [-0.05, 0) is 0 Å². The van der Waals surface area contributed by atoms with Crippen LogP contribution in [0, 0.1) is 4.55 Å². The number of nitrogens with one attached hydrogen (secondary N) is 1. The van der Waals surface area contributed by atoms with Crippen LogP contribution in [0.15, 0.2) is 36.7 Å². The van der Waals surface area contributed by atoms with Crippen LogP contribution in [0.2, 0.25) is 0 Å². The Labute approximate surface area is 289 Å². The number of rotatable bonds is 5. The zero-order valence-corrected chi connectivity index (χ0v) is 28.6. The van der Waals surface area contributed by atoms with Crippen molar-refractivity contribution in [3.63, 3.8) is 0 Å². The first-order chi connectivity index (χ1) is 11.2. The second-order valence-corrected chi connectivity index (χ2v) is 5.44. The van der Waals surface area contributed by atoms with Gasteiger partial charge < -0.3 is 11.1 Å². The zero-order valence-electron chi connectivity index (χ0n) is 14.8. The summed E-state index contributed by atoms with van der Waals surface area (Å²) in [5.41, 5.74) is 8.30. The third-order valence-corrected chi connectivity index (χ3v) is 3.68. The minimum atomic E-state index is -0.0775. The summed E-state index contributed by atoms with van der Waals surface area (Å²) >= 11 is 1.97. The Morgan fingerprint density at radius 3 is 2.48 bits per heavy atom. The topological polar surface area (TPSA) is 98.7 Å². The van der Waals surface area contributed by atoms with Crippen LogP contribution >= 0.6 is 22.6 Å². The second-order valence-electron chi connectivity index (χ2n) is 4.82. The van der Waals surface area contributed by atoms with Gasteiger partial charge in [-0.25, -0.2) is 14.6 Å². The zero-order chi connectivity index (χ0) is 16.2. The molecule has 3 rings (SSSR count). The number of amides is 1. The second kappa shape index (κ2) is 16.4. The van der Waals surface area contributed by atoms with Crippen LogP contribution in [0.4, 0.5) is 5.82 Å². The number of hydrogen-bond donors (Lipinski definition) is 2. The quantitative estimate of drug-likeness (QED) is 0.154. The van der Waals surface area contributed by atoms with Gasteiger partial charge in [-0.3, -0.25) is 27.4 Å². The van der Waals surface area contributed by atoms with E-state index in [1.807, 2.05) is 52.9 Å². The molecule has 27 heavy (non-hydrogen) atoms. The first-order valence-corrected chi connectivity index (χ1v) is 8.19. The van der Waals surface area contributed by atoms with Gasteiger partial charge in [0.25, 0.3) is 0 Å². The van der Waals surface area contributed by atoms with Gasteiger partial charge in [-0.15, -0.1) is 0 Å². The summed E-state index contributed by atoms with van der Waals surface area (Å²) in [5, 5.41) is 7.94. The molecule has 0 aliphatic heterocycles. The fraction of sp³-hybridized carbons (Fsp3) is 0.133. The van der Waals surface area contributed by atoms with E-state index in [-0.39, 0.29) is 155 Å². The van der Waals surface area contributed by atoms with E-state index in [9.17, 15) is 4.79 Å². The fourth-order valence-electron chi connectivity index (χ4n) is 2.32. The standard InChI is InChI=1S/C15H14IN6O.K.3Y/c16-8-18-11(23)6-7-22-15-12(14(17)19-9-20-15)13(21-22)10-4-2-1-3-5-10;;;;/h1-5,8-9H,6-7H2,(H,18,23)(H2,17,19,20);;;;/q-1;+1;;;. The number of carbonyl (C=O) groups excluding carboxylic acids is 1. The van der Waals surface area contributed by atoms with E-state index in [1.165, 1.54) is 6.33 Å². The summed E-state index contributed by atoms with van der Waals surface area (Å²) in [7, 11) is 0. The van der Waals surface area contributed by atoms with E-state index in [2.05, 4.69) is 20.4 Å². The molecule has 0 aliphatic rings. The van der Waals surface area contributed by atoms with Crippen LogP contribution in [-0.4, -0.2) is 25.7 Å². The molecule has 2 aromatic heterocycles. The summed E-state index contributed by atoms with van der Waals surface area (Å²) in [4.78, 5) is 20.0. The molecule has 3 radical (unpaired) electrons. The summed E-state index contributed by atoms with van der Waals surface area (Å²) < 4.78 is 3.28. The van der Waals surface area contributed by atoms with Gasteiger partial charge >= 0.3 is 51.4 Å². The minimum Gasteiger partial charge on any atom is -0.496 e. The number of hydrogen-bond acceptors (Lipinski definition) is 5. The molecule has 0 aliphatic carbocycles. The Morgan fingerprint density at radius 2 is 1.85 bits per heavy atom. The number of aryl methyl sites for hydroxylation is 1. The first kappa shape index (κ1) is 31.9. The van der Waals surface area contributed by atoms with Crippen LogP contribution in [0.1, 0.15) is 6.42 Å². The van der Waals surface area contributed by atoms with Gasteiger partial charge in [0.15, 0.2) is 11.6 Å². The van der Waals surface area contributed by atoms with Crippen LogP contribution in [0.5, 0.6) is 0 Å². The number of nitrogens with zero attached hydrogens (tertiary/aromatic N) is 4. The summed E-state index contributed by atoms with van der Waals surface area (Å²) in [6, 6.07) is 9.72. The molecule has 0 spiro atoms. The Morgan fingerprint density at radius 1 is 1.19 bits per heavy atom. The van der Waals surface area contributed by atoms with E-state index >= 15 is 0 Å². The Hall–Kier alpha value is 2.72. The fourth-order valence-corrected chi connectivity index (χ4v) is 2.67. The van der Waals surface area contributed by atoms with E-state index in [0.717, 1.165) is 11.3 Å². The smallest absolute Gasteiger partial charge is 0.496 e. The maximum absolute atomic E-state index is 11.7. The van der Waals surface area contributed by atoms with Gasteiger partial charge in [0.2, 0.25) is 0 Å². The predicted molar refractivity (Wildman–Crippen MR) is 96.3 cm³/mol. The molecule has 0 saturated carbocycles. The van der Waals surface area contributed by atoms with Crippen molar-refractivity contribution < 1.29 is 154 Å². The Balaban J connectivity index is 0. The molecule has 1 amide bonds.